The van der Waals surface area contributed by atoms with Gasteiger partial charge < -0.3 is 10.6 Å². The lowest BCUT2D eigenvalue weighted by Crippen LogP contribution is -2.58. The first-order valence-electron chi connectivity index (χ1n) is 6.96. The van der Waals surface area contributed by atoms with Crippen LogP contribution < -0.4 is 5.73 Å². The van der Waals surface area contributed by atoms with Gasteiger partial charge in [0.1, 0.15) is 0 Å². The summed E-state index contributed by atoms with van der Waals surface area (Å²) in [4.78, 5) is 6.76. The molecule has 0 radical (unpaired) electrons. The fraction of sp³-hybridized carbons (Fsp3) is 0.786. The van der Waals surface area contributed by atoms with Crippen molar-refractivity contribution >= 4 is 11.3 Å². The predicted octanol–water partition coefficient (Wildman–Crippen LogP) is 2.67. The van der Waals surface area contributed by atoms with Gasteiger partial charge in [0.25, 0.3) is 0 Å². The first kappa shape index (κ1) is 14.0. The number of likely N-dealkylation sites (N-methyl/N-ethyl adjacent to an activating group) is 1. The largest absolute Gasteiger partial charge is 0.326 e. The molecule has 0 bridgehead atoms. The fourth-order valence-electron chi connectivity index (χ4n) is 3.22. The second-order valence-electron chi connectivity index (χ2n) is 5.65. The zero-order valence-corrected chi connectivity index (χ0v) is 12.4. The van der Waals surface area contributed by atoms with Crippen LogP contribution in [0.15, 0.2) is 11.6 Å². The molecule has 4 heteroatoms. The highest BCUT2D eigenvalue weighted by atomic mass is 32.1. The molecule has 102 valence electrons. The Bertz CT molecular complexity index is 340. The van der Waals surface area contributed by atoms with Gasteiger partial charge in [-0.3, -0.25) is 0 Å². The van der Waals surface area contributed by atoms with Crippen LogP contribution in [-0.2, 0) is 6.42 Å². The molecule has 1 atom stereocenters. The molecule has 1 heterocycles. The summed E-state index contributed by atoms with van der Waals surface area (Å²) < 4.78 is 0. The van der Waals surface area contributed by atoms with Crippen LogP contribution in [0.1, 0.15) is 43.5 Å². The Balaban J connectivity index is 2.12. The number of rotatable bonds is 4. The Kier molecular flexibility index (Phi) is 4.76. The maximum atomic E-state index is 6.57. The van der Waals surface area contributed by atoms with Crippen molar-refractivity contribution < 1.29 is 0 Å². The van der Waals surface area contributed by atoms with E-state index >= 15 is 0 Å². The summed E-state index contributed by atoms with van der Waals surface area (Å²) in [6.45, 7) is 0. The zero-order chi connectivity index (χ0) is 13.0. The van der Waals surface area contributed by atoms with Crippen LogP contribution in [-0.4, -0.2) is 35.6 Å². The molecule has 1 aliphatic carbocycles. The zero-order valence-electron chi connectivity index (χ0n) is 11.6. The van der Waals surface area contributed by atoms with E-state index in [-0.39, 0.29) is 11.6 Å². The van der Waals surface area contributed by atoms with Crippen LogP contribution in [0.3, 0.4) is 0 Å². The lowest BCUT2D eigenvalue weighted by molar-refractivity contribution is 0.0968. The molecule has 1 aromatic heterocycles. The third-order valence-electron chi connectivity index (χ3n) is 4.43. The topological polar surface area (TPSA) is 42.1 Å². The molecular weight excluding hydrogens is 242 g/mol. The molecule has 2 rings (SSSR count). The highest BCUT2D eigenvalue weighted by Gasteiger charge is 2.39. The average Bonchev–Trinajstić information content (AvgIpc) is 2.70. The van der Waals surface area contributed by atoms with Gasteiger partial charge in [-0.1, -0.05) is 25.7 Å². The van der Waals surface area contributed by atoms with Crippen molar-refractivity contribution in [2.45, 2.75) is 56.5 Å². The van der Waals surface area contributed by atoms with Crippen molar-refractivity contribution in [2.75, 3.05) is 14.1 Å². The van der Waals surface area contributed by atoms with E-state index in [9.17, 15) is 0 Å². The number of thiazole rings is 1. The SMILES string of the molecule is CN(C)C1(C(N)Cc2nccs2)CCCCCC1. The molecule has 0 spiro atoms. The minimum Gasteiger partial charge on any atom is -0.326 e. The molecule has 0 aromatic carbocycles. The van der Waals surface area contributed by atoms with Gasteiger partial charge in [0.05, 0.1) is 5.01 Å². The van der Waals surface area contributed by atoms with E-state index in [0.29, 0.717) is 0 Å². The van der Waals surface area contributed by atoms with Crippen LogP contribution in [0.2, 0.25) is 0 Å². The van der Waals surface area contributed by atoms with Crippen LogP contribution >= 0.6 is 11.3 Å². The summed E-state index contributed by atoms with van der Waals surface area (Å²) in [5.41, 5.74) is 6.74. The molecule has 2 N–H and O–H groups in total. The van der Waals surface area contributed by atoms with Crippen molar-refractivity contribution in [3.05, 3.63) is 16.6 Å². The third kappa shape index (κ3) is 2.92. The van der Waals surface area contributed by atoms with Gasteiger partial charge in [-0.15, -0.1) is 11.3 Å². The van der Waals surface area contributed by atoms with Gasteiger partial charge >= 0.3 is 0 Å². The predicted molar refractivity (Wildman–Crippen MR) is 77.9 cm³/mol. The quantitative estimate of drug-likeness (QED) is 0.853. The van der Waals surface area contributed by atoms with E-state index in [1.807, 2.05) is 11.6 Å². The number of hydrogen-bond acceptors (Lipinski definition) is 4. The summed E-state index contributed by atoms with van der Waals surface area (Å²) in [6, 6.07) is 0.191. The first-order valence-corrected chi connectivity index (χ1v) is 7.84. The molecule has 1 fully saturated rings. The van der Waals surface area contributed by atoms with E-state index in [1.54, 1.807) is 11.3 Å². The highest BCUT2D eigenvalue weighted by molar-refractivity contribution is 7.09. The first-order chi connectivity index (χ1) is 8.65. The fourth-order valence-corrected chi connectivity index (χ4v) is 3.90. The third-order valence-corrected chi connectivity index (χ3v) is 5.23. The van der Waals surface area contributed by atoms with Crippen molar-refractivity contribution in [2.24, 2.45) is 5.73 Å². The van der Waals surface area contributed by atoms with E-state index in [1.165, 1.54) is 43.5 Å². The summed E-state index contributed by atoms with van der Waals surface area (Å²) in [5, 5.41) is 3.21. The van der Waals surface area contributed by atoms with Crippen molar-refractivity contribution in [3.8, 4) is 0 Å². The van der Waals surface area contributed by atoms with Gasteiger partial charge in [-0.2, -0.15) is 0 Å². The van der Waals surface area contributed by atoms with Gasteiger partial charge in [0.15, 0.2) is 0 Å². The molecule has 0 amide bonds. The molecule has 1 aromatic rings. The molecule has 1 unspecified atom stereocenters. The Morgan fingerprint density at radius 3 is 2.50 bits per heavy atom. The standard InChI is InChI=1S/C14H25N3S/c1-17(2)14(7-5-3-4-6-8-14)12(15)11-13-16-9-10-18-13/h9-10,12H,3-8,11,15H2,1-2H3. The summed E-state index contributed by atoms with van der Waals surface area (Å²) in [6.07, 6.45) is 10.6. The molecule has 1 aliphatic rings. The minimum atomic E-state index is 0.169. The second-order valence-corrected chi connectivity index (χ2v) is 6.63. The van der Waals surface area contributed by atoms with E-state index < -0.39 is 0 Å². The average molecular weight is 267 g/mol. The lowest BCUT2D eigenvalue weighted by Gasteiger charge is -2.44. The Hall–Kier alpha value is -0.450. The molecule has 1 saturated carbocycles. The van der Waals surface area contributed by atoms with Crippen LogP contribution in [0.25, 0.3) is 0 Å². The number of nitrogens with two attached hydrogens (primary N) is 1. The number of hydrogen-bond donors (Lipinski definition) is 1. The Labute approximate surface area is 114 Å². The van der Waals surface area contributed by atoms with Crippen LogP contribution in [0.5, 0.6) is 0 Å². The molecule has 0 saturated heterocycles. The van der Waals surface area contributed by atoms with E-state index in [2.05, 4.69) is 24.0 Å². The van der Waals surface area contributed by atoms with Crippen LogP contribution in [0.4, 0.5) is 0 Å². The minimum absolute atomic E-state index is 0.169. The lowest BCUT2D eigenvalue weighted by atomic mass is 9.80. The highest BCUT2D eigenvalue weighted by Crippen LogP contribution is 2.34. The second kappa shape index (κ2) is 6.13. The Morgan fingerprint density at radius 2 is 2.00 bits per heavy atom. The molecule has 3 nitrogen and oxygen atoms in total. The molecule has 18 heavy (non-hydrogen) atoms. The summed E-state index contributed by atoms with van der Waals surface area (Å²) in [5.74, 6) is 0. The van der Waals surface area contributed by atoms with Crippen molar-refractivity contribution in [1.82, 2.24) is 9.88 Å². The summed E-state index contributed by atoms with van der Waals surface area (Å²) >= 11 is 1.72. The van der Waals surface area contributed by atoms with Gasteiger partial charge in [-0.25, -0.2) is 4.98 Å². The molecule has 0 aliphatic heterocycles. The van der Waals surface area contributed by atoms with Crippen molar-refractivity contribution in [1.29, 1.82) is 0 Å². The van der Waals surface area contributed by atoms with Crippen molar-refractivity contribution in [3.63, 3.8) is 0 Å². The maximum Gasteiger partial charge on any atom is 0.0940 e. The van der Waals surface area contributed by atoms with Gasteiger partial charge in [0, 0.05) is 29.6 Å². The molecular formula is C14H25N3S. The smallest absolute Gasteiger partial charge is 0.0940 e. The normalized spacial score (nSPS) is 21.8. The van der Waals surface area contributed by atoms with E-state index in [0.717, 1.165) is 6.42 Å². The van der Waals surface area contributed by atoms with Gasteiger partial charge in [0.2, 0.25) is 0 Å². The van der Waals surface area contributed by atoms with Crippen LogP contribution in [0, 0.1) is 0 Å². The Morgan fingerprint density at radius 1 is 1.33 bits per heavy atom. The summed E-state index contributed by atoms with van der Waals surface area (Å²) in [7, 11) is 4.38. The van der Waals surface area contributed by atoms with E-state index in [4.69, 9.17) is 5.73 Å². The monoisotopic (exact) mass is 267 g/mol. The number of nitrogens with zero attached hydrogens (tertiary/aromatic N) is 2. The number of aromatic nitrogens is 1. The maximum absolute atomic E-state index is 6.57. The van der Waals surface area contributed by atoms with Gasteiger partial charge in [-0.05, 0) is 26.9 Å².